The van der Waals surface area contributed by atoms with E-state index >= 15 is 0 Å². The molecular weight excluding hydrogens is 238 g/mol. The van der Waals surface area contributed by atoms with Gasteiger partial charge in [-0.25, -0.2) is 5.06 Å². The number of thioether (sulfide) groups is 1. The lowest BCUT2D eigenvalue weighted by Crippen LogP contribution is -2.29. The Morgan fingerprint density at radius 3 is 2.88 bits per heavy atom. The van der Waals surface area contributed by atoms with E-state index in [1.54, 1.807) is 11.8 Å². The van der Waals surface area contributed by atoms with Crippen molar-refractivity contribution in [2.75, 3.05) is 18.9 Å². The van der Waals surface area contributed by atoms with Crippen molar-refractivity contribution < 1.29 is 14.7 Å². The van der Waals surface area contributed by atoms with Crippen molar-refractivity contribution in [2.45, 2.75) is 11.9 Å². The van der Waals surface area contributed by atoms with Gasteiger partial charge >= 0.3 is 0 Å². The Kier molecular flexibility index (Phi) is 4.42. The summed E-state index contributed by atoms with van der Waals surface area (Å²) in [6.07, 6.45) is -0.543. The van der Waals surface area contributed by atoms with Crippen LogP contribution in [0.2, 0.25) is 0 Å². The van der Waals surface area contributed by atoms with E-state index in [0.29, 0.717) is 5.75 Å². The zero-order valence-corrected chi connectivity index (χ0v) is 10.2. The van der Waals surface area contributed by atoms with E-state index in [-0.39, 0.29) is 19.1 Å². The molecule has 1 fully saturated rings. The van der Waals surface area contributed by atoms with Crippen LogP contribution in [0, 0.1) is 0 Å². The molecule has 1 aromatic rings. The van der Waals surface area contributed by atoms with Gasteiger partial charge in [0, 0.05) is 5.75 Å². The Bertz CT molecular complexity index is 371. The van der Waals surface area contributed by atoms with Gasteiger partial charge in [0.15, 0.2) is 0 Å². The van der Waals surface area contributed by atoms with Crippen LogP contribution >= 0.6 is 11.8 Å². The van der Waals surface area contributed by atoms with Crippen LogP contribution in [0.3, 0.4) is 0 Å². The van der Waals surface area contributed by atoms with E-state index in [1.165, 1.54) is 10.6 Å². The number of benzene rings is 1. The summed E-state index contributed by atoms with van der Waals surface area (Å²) in [6.45, 7) is 0.500. The van der Waals surface area contributed by atoms with Crippen molar-refractivity contribution in [2.24, 2.45) is 0 Å². The molecule has 0 unspecified atom stereocenters. The molecule has 5 heteroatoms. The Morgan fingerprint density at radius 2 is 2.24 bits per heavy atom. The summed E-state index contributed by atoms with van der Waals surface area (Å²) < 4.78 is 0. The second kappa shape index (κ2) is 6.05. The summed E-state index contributed by atoms with van der Waals surface area (Å²) in [6, 6.07) is 10.0. The third kappa shape index (κ3) is 3.73. The standard InChI is InChI=1S/C12H15NO3S/c14-11-6-13(16-7-11)12(15)9-17-8-10-4-2-1-3-5-10/h1-5,11,14H,6-9H2/t11-/m1/s1. The number of hydrogen-bond acceptors (Lipinski definition) is 4. The molecule has 1 saturated heterocycles. The number of amides is 1. The summed E-state index contributed by atoms with van der Waals surface area (Å²) in [7, 11) is 0. The van der Waals surface area contributed by atoms with Crippen molar-refractivity contribution in [1.82, 2.24) is 5.06 Å². The van der Waals surface area contributed by atoms with Crippen LogP contribution in [-0.4, -0.2) is 41.1 Å². The van der Waals surface area contributed by atoms with Gasteiger partial charge in [-0.05, 0) is 5.56 Å². The van der Waals surface area contributed by atoms with E-state index in [4.69, 9.17) is 4.84 Å². The highest BCUT2D eigenvalue weighted by molar-refractivity contribution is 7.99. The van der Waals surface area contributed by atoms with Crippen LogP contribution in [0.15, 0.2) is 30.3 Å². The van der Waals surface area contributed by atoms with Gasteiger partial charge < -0.3 is 5.11 Å². The summed E-state index contributed by atoms with van der Waals surface area (Å²) in [5.74, 6) is 1.10. The highest BCUT2D eigenvalue weighted by atomic mass is 32.2. The van der Waals surface area contributed by atoms with Gasteiger partial charge in [-0.3, -0.25) is 9.63 Å². The van der Waals surface area contributed by atoms with E-state index in [0.717, 1.165) is 5.75 Å². The number of rotatable bonds is 4. The highest BCUT2D eigenvalue weighted by Gasteiger charge is 2.25. The molecule has 1 atom stereocenters. The molecule has 0 bridgehead atoms. The molecule has 0 aliphatic carbocycles. The predicted octanol–water partition coefficient (Wildman–Crippen LogP) is 1.05. The highest BCUT2D eigenvalue weighted by Crippen LogP contribution is 2.14. The van der Waals surface area contributed by atoms with Crippen LogP contribution in [0.25, 0.3) is 0 Å². The van der Waals surface area contributed by atoms with Gasteiger partial charge in [-0.1, -0.05) is 30.3 Å². The minimum Gasteiger partial charge on any atom is -0.389 e. The van der Waals surface area contributed by atoms with Crippen molar-refractivity contribution >= 4 is 17.7 Å². The molecule has 1 heterocycles. The van der Waals surface area contributed by atoms with Gasteiger partial charge in [0.1, 0.15) is 6.61 Å². The number of β-amino-alcohol motifs (C(OH)–C–C–N with tert-alkyl or cyclic N) is 1. The van der Waals surface area contributed by atoms with E-state index in [1.807, 2.05) is 30.3 Å². The number of carbonyl (C=O) groups is 1. The lowest BCUT2D eigenvalue weighted by Gasteiger charge is -2.13. The van der Waals surface area contributed by atoms with Crippen molar-refractivity contribution in [1.29, 1.82) is 0 Å². The zero-order valence-electron chi connectivity index (χ0n) is 9.41. The average Bonchev–Trinajstić information content (AvgIpc) is 2.77. The van der Waals surface area contributed by atoms with Crippen LogP contribution in [-0.2, 0) is 15.4 Å². The van der Waals surface area contributed by atoms with Gasteiger partial charge in [0.05, 0.1) is 18.4 Å². The SMILES string of the molecule is O=C(CSCc1ccccc1)N1C[C@@H](O)CO1. The number of hydrogen-bond donors (Lipinski definition) is 1. The summed E-state index contributed by atoms with van der Waals surface area (Å²) >= 11 is 1.55. The fraction of sp³-hybridized carbons (Fsp3) is 0.417. The number of hydroxylamine groups is 2. The van der Waals surface area contributed by atoms with E-state index in [2.05, 4.69) is 0 Å². The van der Waals surface area contributed by atoms with Gasteiger partial charge in [-0.2, -0.15) is 0 Å². The fourth-order valence-corrected chi connectivity index (χ4v) is 2.40. The molecule has 2 rings (SSSR count). The Labute approximate surface area is 105 Å². The minimum absolute atomic E-state index is 0.0810. The maximum absolute atomic E-state index is 11.7. The average molecular weight is 253 g/mol. The van der Waals surface area contributed by atoms with Gasteiger partial charge in [-0.15, -0.1) is 11.8 Å². The first kappa shape index (κ1) is 12.4. The number of nitrogens with zero attached hydrogens (tertiary/aromatic N) is 1. The molecule has 0 saturated carbocycles. The number of aliphatic hydroxyl groups is 1. The minimum atomic E-state index is -0.543. The number of aliphatic hydroxyl groups excluding tert-OH is 1. The topological polar surface area (TPSA) is 49.8 Å². The second-order valence-electron chi connectivity index (χ2n) is 3.88. The molecule has 0 radical (unpaired) electrons. The monoisotopic (exact) mass is 253 g/mol. The fourth-order valence-electron chi connectivity index (χ4n) is 1.55. The zero-order chi connectivity index (χ0) is 12.1. The first-order chi connectivity index (χ1) is 8.25. The van der Waals surface area contributed by atoms with Gasteiger partial charge in [0.2, 0.25) is 0 Å². The Balaban J connectivity index is 1.70. The maximum Gasteiger partial charge on any atom is 0.256 e. The molecule has 17 heavy (non-hydrogen) atoms. The summed E-state index contributed by atoms with van der Waals surface area (Å²) in [5, 5.41) is 10.5. The van der Waals surface area contributed by atoms with Crippen LogP contribution in [0.1, 0.15) is 5.56 Å². The van der Waals surface area contributed by atoms with Crippen molar-refractivity contribution in [3.05, 3.63) is 35.9 Å². The molecule has 1 N–H and O–H groups in total. The molecule has 1 aromatic carbocycles. The lowest BCUT2D eigenvalue weighted by molar-refractivity contribution is -0.165. The van der Waals surface area contributed by atoms with Crippen molar-refractivity contribution in [3.63, 3.8) is 0 Å². The Hall–Kier alpha value is -1.04. The lowest BCUT2D eigenvalue weighted by atomic mass is 10.2. The van der Waals surface area contributed by atoms with Crippen LogP contribution in [0.5, 0.6) is 0 Å². The third-order valence-electron chi connectivity index (χ3n) is 2.41. The van der Waals surface area contributed by atoms with Crippen LogP contribution < -0.4 is 0 Å². The normalized spacial score (nSPS) is 19.6. The molecule has 0 spiro atoms. The molecule has 4 nitrogen and oxygen atoms in total. The molecule has 92 valence electrons. The second-order valence-corrected chi connectivity index (χ2v) is 4.87. The molecule has 0 aromatic heterocycles. The molecule has 1 amide bonds. The van der Waals surface area contributed by atoms with E-state index in [9.17, 15) is 9.90 Å². The summed E-state index contributed by atoms with van der Waals surface area (Å²) in [4.78, 5) is 16.7. The quantitative estimate of drug-likeness (QED) is 0.871. The van der Waals surface area contributed by atoms with E-state index < -0.39 is 6.10 Å². The molecular formula is C12H15NO3S. The molecule has 1 aliphatic rings. The smallest absolute Gasteiger partial charge is 0.256 e. The first-order valence-electron chi connectivity index (χ1n) is 5.49. The maximum atomic E-state index is 11.7. The predicted molar refractivity (Wildman–Crippen MR) is 66.3 cm³/mol. The largest absolute Gasteiger partial charge is 0.389 e. The van der Waals surface area contributed by atoms with Crippen LogP contribution in [0.4, 0.5) is 0 Å². The Morgan fingerprint density at radius 1 is 1.47 bits per heavy atom. The van der Waals surface area contributed by atoms with Crippen molar-refractivity contribution in [3.8, 4) is 0 Å². The molecule has 1 aliphatic heterocycles. The third-order valence-corrected chi connectivity index (χ3v) is 3.40. The first-order valence-corrected chi connectivity index (χ1v) is 6.64. The summed E-state index contributed by atoms with van der Waals surface area (Å²) in [5.41, 5.74) is 1.20. The number of carbonyl (C=O) groups excluding carboxylic acids is 1. The van der Waals surface area contributed by atoms with Gasteiger partial charge in [0.25, 0.3) is 5.91 Å².